The summed E-state index contributed by atoms with van der Waals surface area (Å²) in [5.41, 5.74) is 7.77. The Morgan fingerprint density at radius 2 is 1.20 bits per heavy atom. The SMILES string of the molecule is CN=C(C)C1=C(C)C(C)=C(C(C)=NC)C1. The lowest BCUT2D eigenvalue weighted by Crippen LogP contribution is -2.00. The molecule has 0 saturated carbocycles. The zero-order valence-corrected chi connectivity index (χ0v) is 10.6. The number of allylic oxidation sites excluding steroid dienone is 4. The average molecular weight is 204 g/mol. The maximum atomic E-state index is 4.27. The molecule has 1 aliphatic carbocycles. The van der Waals surface area contributed by atoms with Crippen LogP contribution in [0, 0.1) is 0 Å². The normalized spacial score (nSPS) is 19.3. The fourth-order valence-electron chi connectivity index (χ4n) is 1.96. The van der Waals surface area contributed by atoms with E-state index in [9.17, 15) is 0 Å². The van der Waals surface area contributed by atoms with Crippen molar-refractivity contribution in [2.45, 2.75) is 34.1 Å². The van der Waals surface area contributed by atoms with Crippen LogP contribution in [0.2, 0.25) is 0 Å². The third-order valence-corrected chi connectivity index (χ3v) is 3.37. The minimum Gasteiger partial charge on any atom is -0.293 e. The molecule has 0 aromatic carbocycles. The number of hydrogen-bond acceptors (Lipinski definition) is 2. The zero-order chi connectivity index (χ0) is 11.6. The summed E-state index contributed by atoms with van der Waals surface area (Å²) < 4.78 is 0. The number of nitrogens with zero attached hydrogens (tertiary/aromatic N) is 2. The fourth-order valence-corrected chi connectivity index (χ4v) is 1.96. The van der Waals surface area contributed by atoms with Crippen molar-refractivity contribution >= 4 is 11.4 Å². The van der Waals surface area contributed by atoms with E-state index < -0.39 is 0 Å². The minimum atomic E-state index is 0.990. The molecule has 0 heterocycles. The summed E-state index contributed by atoms with van der Waals surface area (Å²) in [6.45, 7) is 8.51. The summed E-state index contributed by atoms with van der Waals surface area (Å²) in [6.07, 6.45) is 0.990. The summed E-state index contributed by atoms with van der Waals surface area (Å²) in [6, 6.07) is 0. The van der Waals surface area contributed by atoms with Gasteiger partial charge in [0.05, 0.1) is 0 Å². The molecule has 2 heteroatoms. The van der Waals surface area contributed by atoms with Gasteiger partial charge in [-0.25, -0.2) is 0 Å². The topological polar surface area (TPSA) is 24.7 Å². The smallest absolute Gasteiger partial charge is 0.0351 e. The first-order valence-corrected chi connectivity index (χ1v) is 5.30. The van der Waals surface area contributed by atoms with Crippen molar-refractivity contribution in [1.82, 2.24) is 0 Å². The summed E-state index contributed by atoms with van der Waals surface area (Å²) in [5, 5.41) is 0. The zero-order valence-electron chi connectivity index (χ0n) is 10.6. The van der Waals surface area contributed by atoms with Crippen molar-refractivity contribution in [3.8, 4) is 0 Å². The van der Waals surface area contributed by atoms with Crippen LogP contribution in [0.5, 0.6) is 0 Å². The summed E-state index contributed by atoms with van der Waals surface area (Å²) >= 11 is 0. The van der Waals surface area contributed by atoms with Gasteiger partial charge < -0.3 is 0 Å². The van der Waals surface area contributed by atoms with Crippen LogP contribution in [0.3, 0.4) is 0 Å². The molecule has 0 spiro atoms. The van der Waals surface area contributed by atoms with Crippen molar-refractivity contribution in [1.29, 1.82) is 0 Å². The highest BCUT2D eigenvalue weighted by Crippen LogP contribution is 2.33. The van der Waals surface area contributed by atoms with E-state index in [0.29, 0.717) is 0 Å². The monoisotopic (exact) mass is 204 g/mol. The highest BCUT2D eigenvalue weighted by atomic mass is 14.7. The summed E-state index contributed by atoms with van der Waals surface area (Å²) in [5.74, 6) is 0. The Kier molecular flexibility index (Phi) is 3.61. The molecule has 1 aliphatic rings. The Balaban J connectivity index is 3.10. The Morgan fingerprint density at radius 1 is 0.867 bits per heavy atom. The molecule has 0 fully saturated rings. The van der Waals surface area contributed by atoms with Crippen LogP contribution in [0.1, 0.15) is 34.1 Å². The maximum Gasteiger partial charge on any atom is 0.0351 e. The van der Waals surface area contributed by atoms with E-state index in [4.69, 9.17) is 0 Å². The summed E-state index contributed by atoms with van der Waals surface area (Å²) in [7, 11) is 3.70. The quantitative estimate of drug-likeness (QED) is 0.617. The van der Waals surface area contributed by atoms with Crippen LogP contribution in [-0.4, -0.2) is 25.5 Å². The Bertz CT molecular complexity index is 355. The van der Waals surface area contributed by atoms with Crippen LogP contribution in [-0.2, 0) is 0 Å². The standard InChI is InChI=1S/C13H20N2/c1-8-9(2)13(11(4)15-6)7-12(8)10(3)14-5/h7H2,1-6H3. The van der Waals surface area contributed by atoms with Crippen molar-refractivity contribution in [2.75, 3.05) is 14.1 Å². The molecular formula is C13H20N2. The second-order valence-corrected chi connectivity index (χ2v) is 4.00. The fraction of sp³-hybridized carbons (Fsp3) is 0.538. The molecule has 0 aliphatic heterocycles. The van der Waals surface area contributed by atoms with E-state index in [-0.39, 0.29) is 0 Å². The van der Waals surface area contributed by atoms with Crippen LogP contribution < -0.4 is 0 Å². The lowest BCUT2D eigenvalue weighted by atomic mass is 10.0. The first kappa shape index (κ1) is 11.9. The lowest BCUT2D eigenvalue weighted by molar-refractivity contribution is 1.24. The first-order chi connectivity index (χ1) is 7.02. The molecule has 0 aromatic rings. The van der Waals surface area contributed by atoms with Crippen molar-refractivity contribution in [3.63, 3.8) is 0 Å². The number of aliphatic imine (C=N–C) groups is 2. The van der Waals surface area contributed by atoms with E-state index in [1.807, 2.05) is 14.1 Å². The van der Waals surface area contributed by atoms with Gasteiger partial charge in [-0.3, -0.25) is 9.98 Å². The van der Waals surface area contributed by atoms with Gasteiger partial charge in [-0.1, -0.05) is 0 Å². The van der Waals surface area contributed by atoms with Gasteiger partial charge >= 0.3 is 0 Å². The van der Waals surface area contributed by atoms with Gasteiger partial charge in [-0.2, -0.15) is 0 Å². The lowest BCUT2D eigenvalue weighted by Gasteiger charge is -2.04. The van der Waals surface area contributed by atoms with Gasteiger partial charge in [0, 0.05) is 31.9 Å². The van der Waals surface area contributed by atoms with Crippen molar-refractivity contribution < 1.29 is 0 Å². The second-order valence-electron chi connectivity index (χ2n) is 4.00. The van der Waals surface area contributed by atoms with Gasteiger partial charge in [0.2, 0.25) is 0 Å². The molecule has 0 N–H and O–H groups in total. The second kappa shape index (κ2) is 4.56. The molecule has 1 rings (SSSR count). The molecular weight excluding hydrogens is 184 g/mol. The Labute approximate surface area is 92.5 Å². The van der Waals surface area contributed by atoms with E-state index in [1.165, 1.54) is 22.3 Å². The van der Waals surface area contributed by atoms with Gasteiger partial charge in [-0.05, 0) is 50.0 Å². The van der Waals surface area contributed by atoms with Crippen LogP contribution in [0.4, 0.5) is 0 Å². The third-order valence-electron chi connectivity index (χ3n) is 3.37. The minimum absolute atomic E-state index is 0.990. The van der Waals surface area contributed by atoms with Gasteiger partial charge in [0.15, 0.2) is 0 Å². The molecule has 0 unspecified atom stereocenters. The third kappa shape index (κ3) is 2.09. The average Bonchev–Trinajstić information content (AvgIpc) is 2.54. The van der Waals surface area contributed by atoms with Gasteiger partial charge in [-0.15, -0.1) is 0 Å². The molecule has 0 aromatic heterocycles. The van der Waals surface area contributed by atoms with Gasteiger partial charge in [0.1, 0.15) is 0 Å². The van der Waals surface area contributed by atoms with E-state index in [1.54, 1.807) is 0 Å². The van der Waals surface area contributed by atoms with E-state index >= 15 is 0 Å². The van der Waals surface area contributed by atoms with E-state index in [2.05, 4.69) is 37.7 Å². The molecule has 15 heavy (non-hydrogen) atoms. The predicted molar refractivity (Wildman–Crippen MR) is 68.1 cm³/mol. The molecule has 0 radical (unpaired) electrons. The molecule has 82 valence electrons. The predicted octanol–water partition coefficient (Wildman–Crippen LogP) is 3.20. The molecule has 0 atom stereocenters. The largest absolute Gasteiger partial charge is 0.293 e. The van der Waals surface area contributed by atoms with Crippen LogP contribution in [0.15, 0.2) is 32.3 Å². The molecule has 0 bridgehead atoms. The molecule has 0 amide bonds. The molecule has 2 nitrogen and oxygen atoms in total. The highest BCUT2D eigenvalue weighted by molar-refractivity contribution is 6.07. The number of hydrogen-bond donors (Lipinski definition) is 0. The maximum absolute atomic E-state index is 4.27. The Morgan fingerprint density at radius 3 is 1.47 bits per heavy atom. The summed E-state index contributed by atoms with van der Waals surface area (Å²) in [4.78, 5) is 8.53. The van der Waals surface area contributed by atoms with Gasteiger partial charge in [0.25, 0.3) is 0 Å². The van der Waals surface area contributed by atoms with Crippen molar-refractivity contribution in [3.05, 3.63) is 22.3 Å². The highest BCUT2D eigenvalue weighted by Gasteiger charge is 2.21. The van der Waals surface area contributed by atoms with Crippen molar-refractivity contribution in [2.24, 2.45) is 9.98 Å². The number of rotatable bonds is 2. The van der Waals surface area contributed by atoms with E-state index in [0.717, 1.165) is 17.8 Å². The molecule has 0 saturated heterocycles. The van der Waals surface area contributed by atoms with Crippen LogP contribution in [0.25, 0.3) is 0 Å². The Hall–Kier alpha value is -1.18. The first-order valence-electron chi connectivity index (χ1n) is 5.30. The van der Waals surface area contributed by atoms with Crippen LogP contribution >= 0.6 is 0 Å².